The Labute approximate surface area is 200 Å². The van der Waals surface area contributed by atoms with Crippen molar-refractivity contribution in [2.75, 3.05) is 10.0 Å². The van der Waals surface area contributed by atoms with E-state index in [9.17, 15) is 13.2 Å². The number of amides is 1. The molecule has 0 radical (unpaired) electrons. The highest BCUT2D eigenvalue weighted by atomic mass is 35.5. The van der Waals surface area contributed by atoms with E-state index in [2.05, 4.69) is 10.0 Å². The van der Waals surface area contributed by atoms with E-state index in [4.69, 9.17) is 16.3 Å². The van der Waals surface area contributed by atoms with E-state index in [0.717, 1.165) is 22.3 Å². The van der Waals surface area contributed by atoms with Crippen LogP contribution in [0.5, 0.6) is 5.75 Å². The Kier molecular flexibility index (Phi) is 7.34. The highest BCUT2D eigenvalue weighted by Gasteiger charge is 2.18. The van der Waals surface area contributed by atoms with E-state index in [0.29, 0.717) is 22.1 Å². The Morgan fingerprint density at radius 2 is 1.52 bits per heavy atom. The van der Waals surface area contributed by atoms with Gasteiger partial charge in [-0.25, -0.2) is 8.42 Å². The quantitative estimate of drug-likeness (QED) is 0.443. The summed E-state index contributed by atoms with van der Waals surface area (Å²) < 4.78 is 33.9. The van der Waals surface area contributed by atoms with Crippen molar-refractivity contribution in [3.8, 4) is 5.75 Å². The predicted molar refractivity (Wildman–Crippen MR) is 133 cm³/mol. The van der Waals surface area contributed by atoms with Crippen LogP contribution in [-0.4, -0.2) is 20.4 Å². The number of benzene rings is 3. The van der Waals surface area contributed by atoms with Gasteiger partial charge in [-0.2, -0.15) is 0 Å². The van der Waals surface area contributed by atoms with E-state index >= 15 is 0 Å². The second-order valence-corrected chi connectivity index (χ2v) is 10.1. The molecule has 0 aliphatic carbocycles. The van der Waals surface area contributed by atoms with Crippen molar-refractivity contribution in [2.45, 2.75) is 45.6 Å². The van der Waals surface area contributed by atoms with Crippen LogP contribution in [0, 0.1) is 27.7 Å². The van der Waals surface area contributed by atoms with E-state index in [-0.39, 0.29) is 10.8 Å². The molecule has 0 heterocycles. The first-order valence-corrected chi connectivity index (χ1v) is 12.3. The number of nitrogens with one attached hydrogen (secondary N) is 2. The Morgan fingerprint density at radius 1 is 0.909 bits per heavy atom. The summed E-state index contributed by atoms with van der Waals surface area (Å²) in [6.45, 7) is 9.12. The van der Waals surface area contributed by atoms with Crippen LogP contribution >= 0.6 is 11.6 Å². The number of ether oxygens (including phenoxy) is 1. The normalized spacial score (nSPS) is 12.2. The minimum absolute atomic E-state index is 0.0952. The van der Waals surface area contributed by atoms with Crippen molar-refractivity contribution in [3.05, 3.63) is 81.9 Å². The molecule has 0 aromatic heterocycles. The van der Waals surface area contributed by atoms with Gasteiger partial charge in [0.2, 0.25) is 0 Å². The van der Waals surface area contributed by atoms with Gasteiger partial charge in [0, 0.05) is 10.7 Å². The van der Waals surface area contributed by atoms with Gasteiger partial charge in [-0.3, -0.25) is 9.52 Å². The molecule has 1 amide bonds. The lowest BCUT2D eigenvalue weighted by molar-refractivity contribution is -0.122. The number of carbonyl (C=O) groups is 1. The SMILES string of the molecule is Cc1ccc(C)c(NS(=O)(=O)c2ccc(NC(=O)[C@H](C)Oc3cc(C)c(Cl)c(C)c3)cc2)c1. The Morgan fingerprint density at radius 3 is 2.12 bits per heavy atom. The molecule has 0 bridgehead atoms. The van der Waals surface area contributed by atoms with E-state index < -0.39 is 16.1 Å². The smallest absolute Gasteiger partial charge is 0.265 e. The molecule has 0 saturated heterocycles. The molecular formula is C25H27ClN2O4S. The van der Waals surface area contributed by atoms with E-state index in [1.165, 1.54) is 12.1 Å². The Hall–Kier alpha value is -3.03. The van der Waals surface area contributed by atoms with Crippen LogP contribution in [0.4, 0.5) is 11.4 Å². The number of hydrogen-bond donors (Lipinski definition) is 2. The van der Waals surface area contributed by atoms with Gasteiger partial charge in [0.25, 0.3) is 15.9 Å². The number of hydrogen-bond acceptors (Lipinski definition) is 4. The maximum Gasteiger partial charge on any atom is 0.265 e. The van der Waals surface area contributed by atoms with Crippen molar-refractivity contribution >= 4 is 38.9 Å². The molecule has 2 N–H and O–H groups in total. The number of rotatable bonds is 7. The van der Waals surface area contributed by atoms with Crippen LogP contribution in [0.25, 0.3) is 0 Å². The molecule has 0 fully saturated rings. The zero-order valence-corrected chi connectivity index (χ0v) is 20.8. The number of aryl methyl sites for hydroxylation is 4. The van der Waals surface area contributed by atoms with Crippen LogP contribution in [-0.2, 0) is 14.8 Å². The monoisotopic (exact) mass is 486 g/mol. The molecule has 33 heavy (non-hydrogen) atoms. The molecular weight excluding hydrogens is 460 g/mol. The number of sulfonamides is 1. The van der Waals surface area contributed by atoms with Crippen LogP contribution in [0.3, 0.4) is 0 Å². The van der Waals surface area contributed by atoms with Crippen LogP contribution in [0.1, 0.15) is 29.2 Å². The summed E-state index contributed by atoms with van der Waals surface area (Å²) in [6.07, 6.45) is -0.764. The maximum atomic E-state index is 12.8. The molecule has 3 aromatic carbocycles. The molecule has 0 saturated carbocycles. The van der Waals surface area contributed by atoms with Crippen LogP contribution < -0.4 is 14.8 Å². The minimum Gasteiger partial charge on any atom is -0.481 e. The van der Waals surface area contributed by atoms with Crippen LogP contribution in [0.2, 0.25) is 5.02 Å². The summed E-state index contributed by atoms with van der Waals surface area (Å²) in [5, 5.41) is 3.41. The largest absolute Gasteiger partial charge is 0.481 e. The topological polar surface area (TPSA) is 84.5 Å². The second kappa shape index (κ2) is 9.85. The molecule has 0 aliphatic rings. The summed E-state index contributed by atoms with van der Waals surface area (Å²) in [7, 11) is -3.76. The zero-order chi connectivity index (χ0) is 24.3. The molecule has 3 aromatic rings. The summed E-state index contributed by atoms with van der Waals surface area (Å²) in [5.74, 6) is 0.195. The molecule has 0 unspecified atom stereocenters. The lowest BCUT2D eigenvalue weighted by Crippen LogP contribution is -2.30. The lowest BCUT2D eigenvalue weighted by atomic mass is 10.1. The predicted octanol–water partition coefficient (Wildman–Crippen LogP) is 5.78. The number of halogens is 1. The first-order valence-electron chi connectivity index (χ1n) is 10.4. The van der Waals surface area contributed by atoms with Crippen molar-refractivity contribution in [1.29, 1.82) is 0 Å². The van der Waals surface area contributed by atoms with Gasteiger partial charge in [0.1, 0.15) is 5.75 Å². The third-order valence-electron chi connectivity index (χ3n) is 5.16. The summed E-state index contributed by atoms with van der Waals surface area (Å²) in [5.41, 5.74) is 4.51. The summed E-state index contributed by atoms with van der Waals surface area (Å²) in [6, 6.07) is 15.1. The van der Waals surface area contributed by atoms with Crippen molar-refractivity contribution in [1.82, 2.24) is 0 Å². The molecule has 0 aliphatic heterocycles. The fourth-order valence-corrected chi connectivity index (χ4v) is 4.47. The molecule has 1 atom stereocenters. The highest BCUT2D eigenvalue weighted by Crippen LogP contribution is 2.27. The number of carbonyl (C=O) groups excluding carboxylic acids is 1. The van der Waals surface area contributed by atoms with Gasteiger partial charge >= 0.3 is 0 Å². The summed E-state index contributed by atoms with van der Waals surface area (Å²) >= 11 is 6.18. The van der Waals surface area contributed by atoms with E-state index in [1.54, 1.807) is 37.3 Å². The molecule has 8 heteroatoms. The molecule has 3 rings (SSSR count). The van der Waals surface area contributed by atoms with Gasteiger partial charge in [-0.05, 0) is 99.3 Å². The van der Waals surface area contributed by atoms with Gasteiger partial charge in [0.05, 0.1) is 10.6 Å². The summed E-state index contributed by atoms with van der Waals surface area (Å²) in [4.78, 5) is 12.6. The second-order valence-electron chi connectivity index (χ2n) is 8.07. The zero-order valence-electron chi connectivity index (χ0n) is 19.2. The standard InChI is InChI=1S/C25H27ClN2O4S/c1-15-6-7-16(2)23(12-15)28-33(30,31)22-10-8-20(9-11-22)27-25(29)19(5)32-21-13-17(3)24(26)18(4)14-21/h6-14,19,28H,1-5H3,(H,27,29)/t19-/m0/s1. The van der Waals surface area contributed by atoms with Crippen molar-refractivity contribution < 1.29 is 17.9 Å². The van der Waals surface area contributed by atoms with Crippen molar-refractivity contribution in [2.24, 2.45) is 0 Å². The van der Waals surface area contributed by atoms with Crippen LogP contribution in [0.15, 0.2) is 59.5 Å². The Bertz CT molecular complexity index is 1270. The van der Waals surface area contributed by atoms with Gasteiger partial charge in [-0.1, -0.05) is 23.7 Å². The van der Waals surface area contributed by atoms with Crippen molar-refractivity contribution in [3.63, 3.8) is 0 Å². The van der Waals surface area contributed by atoms with E-state index in [1.807, 2.05) is 39.8 Å². The fourth-order valence-electron chi connectivity index (χ4n) is 3.24. The first-order chi connectivity index (χ1) is 15.5. The lowest BCUT2D eigenvalue weighted by Gasteiger charge is -2.16. The van der Waals surface area contributed by atoms with Gasteiger partial charge in [-0.15, -0.1) is 0 Å². The average Bonchev–Trinajstić information content (AvgIpc) is 2.74. The average molecular weight is 487 g/mol. The minimum atomic E-state index is -3.76. The Balaban J connectivity index is 1.67. The van der Waals surface area contributed by atoms with Gasteiger partial charge in [0.15, 0.2) is 6.10 Å². The third kappa shape index (κ3) is 6.06. The first kappa shape index (κ1) is 24.6. The highest BCUT2D eigenvalue weighted by molar-refractivity contribution is 7.92. The third-order valence-corrected chi connectivity index (χ3v) is 7.14. The molecule has 0 spiro atoms. The fraction of sp³-hybridized carbons (Fsp3) is 0.240. The molecule has 6 nitrogen and oxygen atoms in total. The number of anilines is 2. The van der Waals surface area contributed by atoms with Gasteiger partial charge < -0.3 is 10.1 Å². The maximum absolute atomic E-state index is 12.8. The molecule has 174 valence electrons.